The zero-order chi connectivity index (χ0) is 12.5. The molecule has 0 radical (unpaired) electrons. The monoisotopic (exact) mass is 300 g/mol. The van der Waals surface area contributed by atoms with Crippen molar-refractivity contribution >= 4 is 15.9 Å². The third-order valence-electron chi connectivity index (χ3n) is 3.06. The molecule has 0 spiro atoms. The lowest BCUT2D eigenvalue weighted by molar-refractivity contribution is 0.147. The quantitative estimate of drug-likeness (QED) is 0.903. The van der Waals surface area contributed by atoms with Crippen molar-refractivity contribution < 1.29 is 4.39 Å². The normalized spacial score (nSPS) is 20.5. The molecule has 0 aliphatic carbocycles. The molecular formula is C13H18BrFN2. The van der Waals surface area contributed by atoms with Crippen LogP contribution in [-0.2, 0) is 6.54 Å². The van der Waals surface area contributed by atoms with E-state index in [1.54, 1.807) is 0 Å². The second-order valence-electron chi connectivity index (χ2n) is 5.26. The summed E-state index contributed by atoms with van der Waals surface area (Å²) in [5.41, 5.74) is 0.885. The summed E-state index contributed by atoms with van der Waals surface area (Å²) < 4.78 is 14.5. The molecule has 1 aliphatic rings. The number of piperazine rings is 1. The first-order valence-corrected chi connectivity index (χ1v) is 6.67. The molecule has 17 heavy (non-hydrogen) atoms. The van der Waals surface area contributed by atoms with E-state index in [1.165, 1.54) is 6.07 Å². The van der Waals surface area contributed by atoms with E-state index < -0.39 is 0 Å². The molecule has 0 atom stereocenters. The van der Waals surface area contributed by atoms with Gasteiger partial charge in [-0.1, -0.05) is 22.0 Å². The van der Waals surface area contributed by atoms with Crippen LogP contribution in [0.2, 0.25) is 0 Å². The van der Waals surface area contributed by atoms with Gasteiger partial charge in [-0.2, -0.15) is 0 Å². The van der Waals surface area contributed by atoms with E-state index in [2.05, 4.69) is 40.0 Å². The highest BCUT2D eigenvalue weighted by atomic mass is 79.9. The van der Waals surface area contributed by atoms with Gasteiger partial charge in [-0.05, 0) is 26.0 Å². The lowest BCUT2D eigenvalue weighted by atomic mass is 10.0. The van der Waals surface area contributed by atoms with Crippen LogP contribution in [0.1, 0.15) is 19.4 Å². The Morgan fingerprint density at radius 3 is 2.88 bits per heavy atom. The smallest absolute Gasteiger partial charge is 0.128 e. The maximum absolute atomic E-state index is 13.7. The van der Waals surface area contributed by atoms with Gasteiger partial charge in [0.05, 0.1) is 0 Å². The molecular weight excluding hydrogens is 283 g/mol. The topological polar surface area (TPSA) is 15.3 Å². The standard InChI is InChI=1S/C13H18BrFN2/c1-13(2)9-17(6-5-16-13)8-10-3-4-11(14)7-12(10)15/h3-4,7,16H,5-6,8-9H2,1-2H3. The molecule has 1 aromatic carbocycles. The second kappa shape index (κ2) is 5.04. The van der Waals surface area contributed by atoms with Crippen molar-refractivity contribution in [2.45, 2.75) is 25.9 Å². The van der Waals surface area contributed by atoms with Crippen molar-refractivity contribution in [1.29, 1.82) is 0 Å². The van der Waals surface area contributed by atoms with Gasteiger partial charge in [0.25, 0.3) is 0 Å². The second-order valence-corrected chi connectivity index (χ2v) is 6.17. The Bertz CT molecular complexity index is 406. The predicted octanol–water partition coefficient (Wildman–Crippen LogP) is 2.77. The third kappa shape index (κ3) is 3.50. The fourth-order valence-electron chi connectivity index (χ4n) is 2.27. The minimum atomic E-state index is -0.129. The summed E-state index contributed by atoms with van der Waals surface area (Å²) >= 11 is 3.28. The van der Waals surface area contributed by atoms with Crippen LogP contribution in [0.15, 0.2) is 22.7 Å². The van der Waals surface area contributed by atoms with Crippen molar-refractivity contribution in [3.8, 4) is 0 Å². The zero-order valence-electron chi connectivity index (χ0n) is 10.3. The van der Waals surface area contributed by atoms with E-state index in [1.807, 2.05) is 12.1 Å². The Kier molecular flexibility index (Phi) is 3.85. The van der Waals surface area contributed by atoms with Crippen LogP contribution in [0.25, 0.3) is 0 Å². The van der Waals surface area contributed by atoms with Gasteiger partial charge in [-0.15, -0.1) is 0 Å². The molecule has 0 aromatic heterocycles. The zero-order valence-corrected chi connectivity index (χ0v) is 11.8. The average Bonchev–Trinajstić information content (AvgIpc) is 2.21. The molecule has 2 nitrogen and oxygen atoms in total. The Labute approximate surface area is 110 Å². The first kappa shape index (κ1) is 13.0. The van der Waals surface area contributed by atoms with Gasteiger partial charge in [-0.3, -0.25) is 4.90 Å². The van der Waals surface area contributed by atoms with E-state index in [4.69, 9.17) is 0 Å². The van der Waals surface area contributed by atoms with Gasteiger partial charge < -0.3 is 5.32 Å². The van der Waals surface area contributed by atoms with Gasteiger partial charge in [0, 0.05) is 41.8 Å². The minimum Gasteiger partial charge on any atom is -0.309 e. The van der Waals surface area contributed by atoms with Crippen LogP contribution in [0, 0.1) is 5.82 Å². The summed E-state index contributed by atoms with van der Waals surface area (Å²) in [7, 11) is 0. The van der Waals surface area contributed by atoms with E-state index in [9.17, 15) is 4.39 Å². The molecule has 94 valence electrons. The van der Waals surface area contributed by atoms with Crippen LogP contribution in [0.5, 0.6) is 0 Å². The Balaban J connectivity index is 2.05. The van der Waals surface area contributed by atoms with E-state index in [-0.39, 0.29) is 11.4 Å². The largest absolute Gasteiger partial charge is 0.309 e. The fraction of sp³-hybridized carbons (Fsp3) is 0.538. The van der Waals surface area contributed by atoms with Crippen molar-refractivity contribution in [3.63, 3.8) is 0 Å². The Hall–Kier alpha value is -0.450. The molecule has 1 heterocycles. The number of hydrogen-bond donors (Lipinski definition) is 1. The van der Waals surface area contributed by atoms with Crippen molar-refractivity contribution in [2.75, 3.05) is 19.6 Å². The Morgan fingerprint density at radius 2 is 2.24 bits per heavy atom. The molecule has 1 fully saturated rings. The van der Waals surface area contributed by atoms with Crippen LogP contribution >= 0.6 is 15.9 Å². The van der Waals surface area contributed by atoms with Crippen LogP contribution in [0.4, 0.5) is 4.39 Å². The van der Waals surface area contributed by atoms with Gasteiger partial charge in [0.15, 0.2) is 0 Å². The highest BCUT2D eigenvalue weighted by Crippen LogP contribution is 2.19. The predicted molar refractivity (Wildman–Crippen MR) is 71.5 cm³/mol. The lowest BCUT2D eigenvalue weighted by Crippen LogP contribution is -2.56. The molecule has 1 aliphatic heterocycles. The van der Waals surface area contributed by atoms with E-state index in [0.29, 0.717) is 6.54 Å². The highest BCUT2D eigenvalue weighted by Gasteiger charge is 2.25. The highest BCUT2D eigenvalue weighted by molar-refractivity contribution is 9.10. The first-order chi connectivity index (χ1) is 7.96. The van der Waals surface area contributed by atoms with Gasteiger partial charge in [0.1, 0.15) is 5.82 Å². The molecule has 1 aromatic rings. The summed E-state index contributed by atoms with van der Waals surface area (Å²) in [6.45, 7) is 7.92. The number of hydrogen-bond acceptors (Lipinski definition) is 2. The van der Waals surface area contributed by atoms with Crippen molar-refractivity contribution in [3.05, 3.63) is 34.1 Å². The summed E-state index contributed by atoms with van der Waals surface area (Å²) in [4.78, 5) is 2.29. The van der Waals surface area contributed by atoms with E-state index >= 15 is 0 Å². The lowest BCUT2D eigenvalue weighted by Gasteiger charge is -2.39. The maximum atomic E-state index is 13.7. The molecule has 0 unspecified atom stereocenters. The average molecular weight is 301 g/mol. The summed E-state index contributed by atoms with van der Waals surface area (Å²) in [6, 6.07) is 5.28. The molecule has 0 amide bonds. The number of rotatable bonds is 2. The van der Waals surface area contributed by atoms with Crippen LogP contribution < -0.4 is 5.32 Å². The van der Waals surface area contributed by atoms with E-state index in [0.717, 1.165) is 29.7 Å². The summed E-state index contributed by atoms with van der Waals surface area (Å²) in [5.74, 6) is -0.129. The van der Waals surface area contributed by atoms with Crippen LogP contribution in [0.3, 0.4) is 0 Å². The molecule has 4 heteroatoms. The fourth-order valence-corrected chi connectivity index (χ4v) is 2.61. The number of halogens is 2. The van der Waals surface area contributed by atoms with Crippen LogP contribution in [-0.4, -0.2) is 30.1 Å². The molecule has 1 saturated heterocycles. The SMILES string of the molecule is CC1(C)CN(Cc2ccc(Br)cc2F)CCN1. The van der Waals surface area contributed by atoms with Crippen molar-refractivity contribution in [1.82, 2.24) is 10.2 Å². The molecule has 1 N–H and O–H groups in total. The maximum Gasteiger partial charge on any atom is 0.128 e. The number of nitrogens with one attached hydrogen (secondary N) is 1. The third-order valence-corrected chi connectivity index (χ3v) is 3.55. The Morgan fingerprint density at radius 1 is 1.47 bits per heavy atom. The summed E-state index contributed by atoms with van der Waals surface area (Å²) in [5, 5.41) is 3.45. The minimum absolute atomic E-state index is 0.115. The summed E-state index contributed by atoms with van der Waals surface area (Å²) in [6.07, 6.45) is 0. The van der Waals surface area contributed by atoms with Gasteiger partial charge >= 0.3 is 0 Å². The van der Waals surface area contributed by atoms with Crippen molar-refractivity contribution in [2.24, 2.45) is 0 Å². The molecule has 2 rings (SSSR count). The first-order valence-electron chi connectivity index (χ1n) is 5.88. The van der Waals surface area contributed by atoms with Gasteiger partial charge in [-0.25, -0.2) is 4.39 Å². The number of benzene rings is 1. The number of nitrogens with zero attached hydrogens (tertiary/aromatic N) is 1. The van der Waals surface area contributed by atoms with Gasteiger partial charge in [0.2, 0.25) is 0 Å². The molecule has 0 saturated carbocycles. The molecule has 0 bridgehead atoms.